The fourth-order valence-electron chi connectivity index (χ4n) is 2.08. The van der Waals surface area contributed by atoms with Crippen LogP contribution in [0.15, 0.2) is 30.3 Å². The predicted molar refractivity (Wildman–Crippen MR) is 97.7 cm³/mol. The number of rotatable bonds is 5. The number of nitrogens with one attached hydrogen (secondary N) is 1. The fourth-order valence-corrected chi connectivity index (χ4v) is 3.04. The molecular weight excluding hydrogens is 342 g/mol. The highest BCUT2D eigenvalue weighted by Gasteiger charge is 2.21. The fraction of sp³-hybridized carbons (Fsp3) is 0.333. The van der Waals surface area contributed by atoms with Crippen molar-refractivity contribution in [2.45, 2.75) is 33.3 Å². The van der Waals surface area contributed by atoms with Crippen LogP contribution < -0.4 is 10.1 Å². The van der Waals surface area contributed by atoms with Crippen LogP contribution in [-0.4, -0.2) is 29.4 Å². The third-order valence-electron chi connectivity index (χ3n) is 3.01. The van der Waals surface area contributed by atoms with Gasteiger partial charge in [0.2, 0.25) is 0 Å². The summed E-state index contributed by atoms with van der Waals surface area (Å²) in [4.78, 5) is 24.2. The summed E-state index contributed by atoms with van der Waals surface area (Å²) in [7, 11) is 0. The molecule has 0 spiro atoms. The monoisotopic (exact) mass is 363 g/mol. The lowest BCUT2D eigenvalue weighted by Crippen LogP contribution is -2.27. The number of carbonyl (C=O) groups is 2. The van der Waals surface area contributed by atoms with E-state index < -0.39 is 17.7 Å². The average molecular weight is 363 g/mol. The molecule has 0 saturated heterocycles. The van der Waals surface area contributed by atoms with Crippen molar-refractivity contribution >= 4 is 29.1 Å². The van der Waals surface area contributed by atoms with Crippen LogP contribution in [0.3, 0.4) is 0 Å². The van der Waals surface area contributed by atoms with Crippen molar-refractivity contribution in [3.8, 4) is 16.2 Å². The Kier molecular flexibility index (Phi) is 5.69. The van der Waals surface area contributed by atoms with Gasteiger partial charge in [-0.1, -0.05) is 0 Å². The van der Waals surface area contributed by atoms with Crippen LogP contribution in [0.4, 0.5) is 10.5 Å². The molecule has 2 aromatic rings. The van der Waals surface area contributed by atoms with Crippen molar-refractivity contribution in [3.05, 3.63) is 35.2 Å². The maximum absolute atomic E-state index is 11.9. The Hall–Kier alpha value is -2.54. The molecule has 7 heteroatoms. The van der Waals surface area contributed by atoms with E-state index in [4.69, 9.17) is 9.47 Å². The van der Waals surface area contributed by atoms with Gasteiger partial charge in [0.15, 0.2) is 0 Å². The van der Waals surface area contributed by atoms with E-state index in [0.29, 0.717) is 6.61 Å². The van der Waals surface area contributed by atoms with Gasteiger partial charge in [0.05, 0.1) is 12.3 Å². The summed E-state index contributed by atoms with van der Waals surface area (Å²) < 4.78 is 10.6. The zero-order chi connectivity index (χ0) is 18.6. The maximum Gasteiger partial charge on any atom is 0.412 e. The van der Waals surface area contributed by atoms with E-state index in [1.165, 1.54) is 0 Å². The third kappa shape index (κ3) is 5.22. The summed E-state index contributed by atoms with van der Waals surface area (Å²) in [5.41, 5.74) is 0.394. The molecule has 6 nitrogen and oxygen atoms in total. The molecule has 134 valence electrons. The molecule has 0 aliphatic heterocycles. The van der Waals surface area contributed by atoms with Crippen LogP contribution >= 0.6 is 11.3 Å². The standard InChI is InChI=1S/C18H21NO5S/c1-5-23-12-8-6-11(7-9-12)14-10-13(15(25-14)16(20)21)19-17(22)24-18(2,3)4/h6-10H,5H2,1-4H3,(H,19,22)(H,20,21). The Balaban J connectivity index is 2.26. The van der Waals surface area contributed by atoms with E-state index in [1.54, 1.807) is 26.8 Å². The normalized spacial score (nSPS) is 11.0. The SMILES string of the molecule is CCOc1ccc(-c2cc(NC(=O)OC(C)(C)C)c(C(=O)O)s2)cc1. The number of carboxylic acids is 1. The lowest BCUT2D eigenvalue weighted by molar-refractivity contribution is 0.0636. The molecule has 0 bridgehead atoms. The smallest absolute Gasteiger partial charge is 0.412 e. The second-order valence-corrected chi connectivity index (χ2v) is 7.30. The number of benzene rings is 1. The van der Waals surface area contributed by atoms with Crippen molar-refractivity contribution in [1.82, 2.24) is 0 Å². The Morgan fingerprint density at radius 3 is 2.36 bits per heavy atom. The van der Waals surface area contributed by atoms with E-state index in [0.717, 1.165) is 27.5 Å². The molecule has 0 radical (unpaired) electrons. The van der Waals surface area contributed by atoms with Gasteiger partial charge in [-0.3, -0.25) is 5.32 Å². The van der Waals surface area contributed by atoms with E-state index >= 15 is 0 Å². The van der Waals surface area contributed by atoms with Crippen molar-refractivity contribution in [3.63, 3.8) is 0 Å². The Bertz CT molecular complexity index is 759. The first-order chi connectivity index (χ1) is 11.7. The molecule has 0 atom stereocenters. The number of thiophene rings is 1. The van der Waals surface area contributed by atoms with Gasteiger partial charge in [0.1, 0.15) is 16.2 Å². The minimum Gasteiger partial charge on any atom is -0.494 e. The maximum atomic E-state index is 11.9. The average Bonchev–Trinajstić information content (AvgIpc) is 2.90. The van der Waals surface area contributed by atoms with Gasteiger partial charge < -0.3 is 14.6 Å². The van der Waals surface area contributed by atoms with E-state index in [2.05, 4.69) is 5.32 Å². The molecule has 1 aromatic carbocycles. The lowest BCUT2D eigenvalue weighted by Gasteiger charge is -2.19. The number of carbonyl (C=O) groups excluding carboxylic acids is 1. The number of carboxylic acid groups (broad SMARTS) is 1. The Morgan fingerprint density at radius 2 is 1.84 bits per heavy atom. The highest BCUT2D eigenvalue weighted by Crippen LogP contribution is 2.35. The van der Waals surface area contributed by atoms with Crippen molar-refractivity contribution in [2.75, 3.05) is 11.9 Å². The van der Waals surface area contributed by atoms with Gasteiger partial charge in [0.25, 0.3) is 0 Å². The Morgan fingerprint density at radius 1 is 1.20 bits per heavy atom. The van der Waals surface area contributed by atoms with Crippen LogP contribution in [0.25, 0.3) is 10.4 Å². The van der Waals surface area contributed by atoms with Gasteiger partial charge in [-0.15, -0.1) is 11.3 Å². The molecule has 2 N–H and O–H groups in total. The number of aromatic carboxylic acids is 1. The molecule has 0 aliphatic carbocycles. The second kappa shape index (κ2) is 7.57. The van der Waals surface area contributed by atoms with Crippen molar-refractivity contribution in [2.24, 2.45) is 0 Å². The molecule has 0 fully saturated rings. The molecule has 25 heavy (non-hydrogen) atoms. The van der Waals surface area contributed by atoms with Gasteiger partial charge in [-0.05, 0) is 63.6 Å². The Labute approximate surface area is 150 Å². The molecule has 1 heterocycles. The lowest BCUT2D eigenvalue weighted by atomic mass is 10.2. The number of ether oxygens (including phenoxy) is 2. The minimum atomic E-state index is -1.10. The summed E-state index contributed by atoms with van der Waals surface area (Å²) in [6.07, 6.45) is -0.689. The number of hydrogen-bond donors (Lipinski definition) is 2. The summed E-state index contributed by atoms with van der Waals surface area (Å²) in [5, 5.41) is 11.9. The van der Waals surface area contributed by atoms with Gasteiger partial charge >= 0.3 is 12.1 Å². The highest BCUT2D eigenvalue weighted by atomic mass is 32.1. The van der Waals surface area contributed by atoms with E-state index in [-0.39, 0.29) is 10.6 Å². The quantitative estimate of drug-likeness (QED) is 0.792. The van der Waals surface area contributed by atoms with Crippen LogP contribution in [0.1, 0.15) is 37.4 Å². The molecule has 1 aromatic heterocycles. The molecular formula is C18H21NO5S. The molecule has 0 saturated carbocycles. The molecule has 2 rings (SSSR count). The number of anilines is 1. The first kappa shape index (κ1) is 18.8. The first-order valence-corrected chi connectivity index (χ1v) is 8.61. The van der Waals surface area contributed by atoms with Gasteiger partial charge in [0, 0.05) is 4.88 Å². The molecule has 1 amide bonds. The highest BCUT2D eigenvalue weighted by molar-refractivity contribution is 7.18. The molecule has 0 unspecified atom stereocenters. The summed E-state index contributed by atoms with van der Waals surface area (Å²) >= 11 is 1.09. The van der Waals surface area contributed by atoms with Crippen LogP contribution in [0.5, 0.6) is 5.75 Å². The largest absolute Gasteiger partial charge is 0.494 e. The minimum absolute atomic E-state index is 0.0507. The van der Waals surface area contributed by atoms with Crippen molar-refractivity contribution < 1.29 is 24.2 Å². The zero-order valence-corrected chi connectivity index (χ0v) is 15.4. The van der Waals surface area contributed by atoms with Crippen LogP contribution in [0, 0.1) is 0 Å². The van der Waals surface area contributed by atoms with Crippen LogP contribution in [0.2, 0.25) is 0 Å². The van der Waals surface area contributed by atoms with E-state index in [9.17, 15) is 14.7 Å². The second-order valence-electron chi connectivity index (χ2n) is 6.24. The topological polar surface area (TPSA) is 84.9 Å². The van der Waals surface area contributed by atoms with Crippen molar-refractivity contribution in [1.29, 1.82) is 0 Å². The van der Waals surface area contributed by atoms with Gasteiger partial charge in [-0.25, -0.2) is 9.59 Å². The number of hydrogen-bond acceptors (Lipinski definition) is 5. The van der Waals surface area contributed by atoms with Crippen LogP contribution in [-0.2, 0) is 4.74 Å². The summed E-state index contributed by atoms with van der Waals surface area (Å²) in [5.74, 6) is -0.360. The van der Waals surface area contributed by atoms with Gasteiger partial charge in [-0.2, -0.15) is 0 Å². The summed E-state index contributed by atoms with van der Waals surface area (Å²) in [6.45, 7) is 7.70. The number of amides is 1. The summed E-state index contributed by atoms with van der Waals surface area (Å²) in [6, 6.07) is 8.97. The first-order valence-electron chi connectivity index (χ1n) is 7.80. The predicted octanol–water partition coefficient (Wildman–Crippen LogP) is 4.86. The van der Waals surface area contributed by atoms with E-state index in [1.807, 2.05) is 31.2 Å². The third-order valence-corrected chi connectivity index (χ3v) is 4.18. The molecule has 0 aliphatic rings. The zero-order valence-electron chi connectivity index (χ0n) is 14.6.